The van der Waals surface area contributed by atoms with E-state index in [2.05, 4.69) is 0 Å². The van der Waals surface area contributed by atoms with Crippen LogP contribution in [0.4, 0.5) is 13.2 Å². The van der Waals surface area contributed by atoms with Gasteiger partial charge in [0.25, 0.3) is 0 Å². The third-order valence-corrected chi connectivity index (χ3v) is 6.16. The molecule has 1 aromatic carbocycles. The number of rotatable bonds is 0. The van der Waals surface area contributed by atoms with E-state index in [0.717, 1.165) is 5.56 Å². The summed E-state index contributed by atoms with van der Waals surface area (Å²) in [5.74, 6) is 0.260. The molecule has 0 radical (unpaired) electrons. The van der Waals surface area contributed by atoms with Gasteiger partial charge in [-0.3, -0.25) is 0 Å². The topological polar surface area (TPSA) is 0 Å². The number of hydrogen-bond donors (Lipinski definition) is 0. The highest BCUT2D eigenvalue weighted by molar-refractivity contribution is 8.34. The van der Waals surface area contributed by atoms with Gasteiger partial charge >= 0.3 is 5.51 Å². The first-order valence-electron chi connectivity index (χ1n) is 4.35. The van der Waals surface area contributed by atoms with Crippen molar-refractivity contribution < 1.29 is 13.2 Å². The third kappa shape index (κ3) is 1.24. The summed E-state index contributed by atoms with van der Waals surface area (Å²) in [5, 5.41) is 0. The zero-order valence-corrected chi connectivity index (χ0v) is 8.58. The Morgan fingerprint density at radius 3 is 2.50 bits per heavy atom. The smallest absolute Gasteiger partial charge is 0.161 e. The van der Waals surface area contributed by atoms with E-state index in [4.69, 9.17) is 0 Å². The van der Waals surface area contributed by atoms with Crippen LogP contribution in [-0.2, 0) is 6.42 Å². The van der Waals surface area contributed by atoms with Gasteiger partial charge in [0.2, 0.25) is 0 Å². The monoisotopic (exact) mass is 220 g/mol. The van der Waals surface area contributed by atoms with Crippen LogP contribution in [0.2, 0.25) is 0 Å². The Bertz CT molecular complexity index is 359. The van der Waals surface area contributed by atoms with Crippen LogP contribution in [0, 0.1) is 0 Å². The van der Waals surface area contributed by atoms with E-state index in [9.17, 15) is 13.2 Å². The van der Waals surface area contributed by atoms with Crippen LogP contribution in [0.25, 0.3) is 0 Å². The molecule has 2 rings (SSSR count). The number of alkyl halides is 3. The lowest BCUT2D eigenvalue weighted by molar-refractivity contribution is -0.0377. The van der Waals surface area contributed by atoms with Crippen LogP contribution in [0.1, 0.15) is 5.56 Å². The van der Waals surface area contributed by atoms with Crippen LogP contribution in [0.5, 0.6) is 0 Å². The van der Waals surface area contributed by atoms with Gasteiger partial charge in [0, 0.05) is 4.90 Å². The van der Waals surface area contributed by atoms with Gasteiger partial charge in [0.15, 0.2) is 0 Å². The minimum Gasteiger partial charge on any atom is -0.161 e. The zero-order chi connectivity index (χ0) is 10.4. The first kappa shape index (κ1) is 9.90. The van der Waals surface area contributed by atoms with Crippen molar-refractivity contribution in [1.82, 2.24) is 0 Å². The van der Waals surface area contributed by atoms with Crippen LogP contribution < -0.4 is 0 Å². The molecule has 0 aliphatic carbocycles. The fourth-order valence-electron chi connectivity index (χ4n) is 1.81. The SMILES string of the molecule is CS1(C(F)(F)F)CCc2ccccc21. The van der Waals surface area contributed by atoms with Gasteiger partial charge in [-0.25, -0.2) is 0 Å². The first-order chi connectivity index (χ1) is 6.45. The fraction of sp³-hybridized carbons (Fsp3) is 0.400. The largest absolute Gasteiger partial charge is 0.429 e. The van der Waals surface area contributed by atoms with Crippen molar-refractivity contribution >= 4 is 10.0 Å². The standard InChI is InChI=1S/C10H11F3S/c1-14(10(11,12)13)7-6-8-4-2-3-5-9(8)14/h2-5H,6-7H2,1H3. The molecule has 14 heavy (non-hydrogen) atoms. The Hall–Kier alpha value is -0.640. The highest BCUT2D eigenvalue weighted by Gasteiger charge is 2.50. The third-order valence-electron chi connectivity index (χ3n) is 2.75. The maximum atomic E-state index is 12.9. The van der Waals surface area contributed by atoms with Crippen molar-refractivity contribution in [1.29, 1.82) is 0 Å². The summed E-state index contributed by atoms with van der Waals surface area (Å²) in [6.45, 7) is 0. The number of hydrogen-bond acceptors (Lipinski definition) is 0. The van der Waals surface area contributed by atoms with E-state index < -0.39 is 15.5 Å². The summed E-state index contributed by atoms with van der Waals surface area (Å²) in [5.41, 5.74) is -3.18. The molecule has 0 spiro atoms. The normalized spacial score (nSPS) is 30.9. The van der Waals surface area contributed by atoms with Crippen LogP contribution in [0.15, 0.2) is 29.2 Å². The highest BCUT2D eigenvalue weighted by atomic mass is 32.3. The van der Waals surface area contributed by atoms with Gasteiger partial charge in [-0.05, 0) is 30.1 Å². The van der Waals surface area contributed by atoms with Crippen molar-refractivity contribution in [3.05, 3.63) is 29.8 Å². The minimum atomic E-state index is -4.06. The van der Waals surface area contributed by atoms with Crippen LogP contribution in [-0.4, -0.2) is 17.5 Å². The second-order valence-electron chi connectivity index (χ2n) is 3.60. The Morgan fingerprint density at radius 1 is 1.21 bits per heavy atom. The van der Waals surface area contributed by atoms with Crippen molar-refractivity contribution in [3.8, 4) is 0 Å². The molecule has 4 heteroatoms. The van der Waals surface area contributed by atoms with Gasteiger partial charge in [-0.2, -0.15) is 13.2 Å². The zero-order valence-electron chi connectivity index (χ0n) is 7.77. The Balaban J connectivity index is 2.53. The van der Waals surface area contributed by atoms with Crippen molar-refractivity contribution in [2.45, 2.75) is 16.8 Å². The van der Waals surface area contributed by atoms with Crippen LogP contribution >= 0.6 is 10.0 Å². The van der Waals surface area contributed by atoms with Crippen molar-refractivity contribution in [3.63, 3.8) is 0 Å². The molecule has 1 aliphatic heterocycles. The summed E-state index contributed by atoms with van der Waals surface area (Å²) in [4.78, 5) is 0.535. The number of fused-ring (bicyclic) bond motifs is 1. The Kier molecular flexibility index (Phi) is 2.07. The number of halogens is 3. The van der Waals surface area contributed by atoms with Crippen molar-refractivity contribution in [2.75, 3.05) is 12.0 Å². The fourth-order valence-corrected chi connectivity index (χ4v) is 4.27. The second-order valence-corrected chi connectivity index (χ2v) is 7.08. The van der Waals surface area contributed by atoms with Crippen LogP contribution in [0.3, 0.4) is 0 Å². The van der Waals surface area contributed by atoms with Gasteiger partial charge in [0.05, 0.1) is 0 Å². The molecule has 1 atom stereocenters. The molecule has 0 bridgehead atoms. The molecular formula is C10H11F3S. The van der Waals surface area contributed by atoms with E-state index in [1.807, 2.05) is 0 Å². The lowest BCUT2D eigenvalue weighted by atomic mass is 10.2. The molecule has 1 aliphatic rings. The number of aryl methyl sites for hydroxylation is 1. The average Bonchev–Trinajstić information content (AvgIpc) is 2.45. The van der Waals surface area contributed by atoms with Gasteiger partial charge in [-0.1, -0.05) is 18.2 Å². The first-order valence-corrected chi connectivity index (χ1v) is 6.56. The molecule has 1 heterocycles. The molecule has 0 N–H and O–H groups in total. The molecule has 0 aromatic heterocycles. The number of benzene rings is 1. The van der Waals surface area contributed by atoms with E-state index in [1.165, 1.54) is 6.26 Å². The lowest BCUT2D eigenvalue weighted by Crippen LogP contribution is -2.19. The van der Waals surface area contributed by atoms with Gasteiger partial charge in [0.1, 0.15) is 0 Å². The maximum Gasteiger partial charge on any atom is 0.429 e. The summed E-state index contributed by atoms with van der Waals surface area (Å²) in [6.07, 6.45) is 1.94. The molecule has 0 saturated heterocycles. The van der Waals surface area contributed by atoms with E-state index in [0.29, 0.717) is 11.3 Å². The van der Waals surface area contributed by atoms with Gasteiger partial charge in [-0.15, -0.1) is 10.0 Å². The minimum absolute atomic E-state index is 0.260. The molecule has 0 fully saturated rings. The molecule has 1 aromatic rings. The Morgan fingerprint density at radius 2 is 1.86 bits per heavy atom. The maximum absolute atomic E-state index is 12.9. The molecule has 0 amide bonds. The molecule has 0 saturated carbocycles. The summed E-state index contributed by atoms with van der Waals surface area (Å²) >= 11 is 0. The second kappa shape index (κ2) is 2.92. The predicted molar refractivity (Wildman–Crippen MR) is 52.8 cm³/mol. The molecule has 1 unspecified atom stereocenters. The predicted octanol–water partition coefficient (Wildman–Crippen LogP) is 3.56. The summed E-state index contributed by atoms with van der Waals surface area (Å²) in [6, 6.07) is 6.94. The summed E-state index contributed by atoms with van der Waals surface area (Å²) < 4.78 is 38.6. The van der Waals surface area contributed by atoms with E-state index in [1.54, 1.807) is 24.3 Å². The summed E-state index contributed by atoms with van der Waals surface area (Å²) in [7, 11) is -2.58. The van der Waals surface area contributed by atoms with Crippen molar-refractivity contribution in [2.24, 2.45) is 0 Å². The van der Waals surface area contributed by atoms with Gasteiger partial charge < -0.3 is 0 Å². The van der Waals surface area contributed by atoms with E-state index >= 15 is 0 Å². The Labute approximate surface area is 82.4 Å². The lowest BCUT2D eigenvalue weighted by Gasteiger charge is -2.34. The molecule has 78 valence electrons. The molecule has 0 nitrogen and oxygen atoms in total. The van der Waals surface area contributed by atoms with E-state index in [-0.39, 0.29) is 5.75 Å². The highest BCUT2D eigenvalue weighted by Crippen LogP contribution is 2.68. The molecular weight excluding hydrogens is 209 g/mol. The quantitative estimate of drug-likeness (QED) is 0.627. The average molecular weight is 220 g/mol.